The van der Waals surface area contributed by atoms with Crippen molar-refractivity contribution < 1.29 is 0 Å². The van der Waals surface area contributed by atoms with Crippen LogP contribution in [0.1, 0.15) is 40.0 Å². The molecule has 1 nitrogen and oxygen atoms in total. The summed E-state index contributed by atoms with van der Waals surface area (Å²) in [7, 11) is 0. The Hall–Kier alpha value is -0.590. The second-order valence-corrected chi connectivity index (χ2v) is 4.82. The van der Waals surface area contributed by atoms with Crippen molar-refractivity contribution in [2.75, 3.05) is 0 Å². The summed E-state index contributed by atoms with van der Waals surface area (Å²) in [5.74, 6) is 0. The molecular weight excluding hydrogens is 146 g/mol. The molecule has 0 radical (unpaired) electrons. The molecule has 0 aromatic carbocycles. The average Bonchev–Trinajstić information content (AvgIpc) is 2.32. The Kier molecular flexibility index (Phi) is 2.71. The number of nitrogens with zero attached hydrogens (tertiary/aromatic N) is 1. The minimum absolute atomic E-state index is 0.356. The molecule has 0 N–H and O–H groups in total. The van der Waals surface area contributed by atoms with Crippen LogP contribution in [0.5, 0.6) is 0 Å². The number of rotatable bonds is 2. The van der Waals surface area contributed by atoms with E-state index in [2.05, 4.69) is 32.3 Å². The van der Waals surface area contributed by atoms with Gasteiger partial charge in [0.25, 0.3) is 0 Å². The molecule has 1 aliphatic rings. The predicted octanol–water partition coefficient (Wildman–Crippen LogP) is 3.21. The monoisotopic (exact) mass is 165 g/mol. The second-order valence-electron chi connectivity index (χ2n) is 4.82. The lowest BCUT2D eigenvalue weighted by Gasteiger charge is -2.21. The topological polar surface area (TPSA) is 12.4 Å². The molecule has 0 saturated heterocycles. The Morgan fingerprint density at radius 2 is 2.25 bits per heavy atom. The van der Waals surface area contributed by atoms with Crippen LogP contribution in [-0.4, -0.2) is 12.3 Å². The Bertz CT molecular complexity index is 196. The van der Waals surface area contributed by atoms with Gasteiger partial charge in [-0.2, -0.15) is 0 Å². The zero-order valence-corrected chi connectivity index (χ0v) is 8.43. The lowest BCUT2D eigenvalue weighted by atomic mass is 9.85. The van der Waals surface area contributed by atoms with E-state index in [9.17, 15) is 0 Å². The molecule has 1 atom stereocenters. The van der Waals surface area contributed by atoms with Crippen molar-refractivity contribution in [3.8, 4) is 0 Å². The van der Waals surface area contributed by atoms with E-state index in [1.54, 1.807) is 0 Å². The van der Waals surface area contributed by atoms with Crippen molar-refractivity contribution in [2.45, 2.75) is 46.1 Å². The SMILES string of the molecule is C=C(CC(C)(C)C)C1CCC=N1. The standard InChI is InChI=1S/C11H19N/c1-9(8-11(2,3)4)10-6-5-7-12-10/h7,10H,1,5-6,8H2,2-4H3. The van der Waals surface area contributed by atoms with Crippen LogP contribution in [0.4, 0.5) is 0 Å². The summed E-state index contributed by atoms with van der Waals surface area (Å²) >= 11 is 0. The van der Waals surface area contributed by atoms with Crippen LogP contribution >= 0.6 is 0 Å². The van der Waals surface area contributed by atoms with E-state index in [-0.39, 0.29) is 0 Å². The summed E-state index contributed by atoms with van der Waals surface area (Å²) in [6.45, 7) is 10.8. The highest BCUT2D eigenvalue weighted by atomic mass is 14.8. The van der Waals surface area contributed by atoms with E-state index in [0.29, 0.717) is 11.5 Å². The number of hydrogen-bond acceptors (Lipinski definition) is 1. The quantitative estimate of drug-likeness (QED) is 0.557. The van der Waals surface area contributed by atoms with Crippen molar-refractivity contribution >= 4 is 6.21 Å². The third kappa shape index (κ3) is 2.80. The minimum atomic E-state index is 0.356. The van der Waals surface area contributed by atoms with Gasteiger partial charge in [0.1, 0.15) is 0 Å². The summed E-state index contributed by atoms with van der Waals surface area (Å²) in [4.78, 5) is 4.40. The van der Waals surface area contributed by atoms with Gasteiger partial charge in [-0.15, -0.1) is 0 Å². The van der Waals surface area contributed by atoms with Gasteiger partial charge in [0.2, 0.25) is 0 Å². The molecule has 1 heterocycles. The fourth-order valence-corrected chi connectivity index (χ4v) is 1.62. The predicted molar refractivity (Wildman–Crippen MR) is 54.7 cm³/mol. The van der Waals surface area contributed by atoms with Crippen LogP contribution < -0.4 is 0 Å². The first-order valence-electron chi connectivity index (χ1n) is 4.68. The van der Waals surface area contributed by atoms with E-state index < -0.39 is 0 Å². The van der Waals surface area contributed by atoms with Crippen molar-refractivity contribution in [2.24, 2.45) is 10.4 Å². The molecule has 0 bridgehead atoms. The van der Waals surface area contributed by atoms with Crippen molar-refractivity contribution in [1.29, 1.82) is 0 Å². The molecule has 1 rings (SSSR count). The molecule has 1 unspecified atom stereocenters. The molecule has 0 saturated carbocycles. The number of hydrogen-bond donors (Lipinski definition) is 0. The fraction of sp³-hybridized carbons (Fsp3) is 0.727. The normalized spacial score (nSPS) is 23.1. The highest BCUT2D eigenvalue weighted by Gasteiger charge is 2.19. The summed E-state index contributed by atoms with van der Waals surface area (Å²) in [5.41, 5.74) is 1.66. The van der Waals surface area contributed by atoms with E-state index in [0.717, 1.165) is 12.8 Å². The van der Waals surface area contributed by atoms with Gasteiger partial charge in [-0.25, -0.2) is 0 Å². The molecule has 0 aromatic heterocycles. The zero-order valence-electron chi connectivity index (χ0n) is 8.43. The summed E-state index contributed by atoms with van der Waals surface area (Å²) < 4.78 is 0. The molecule has 1 heteroatoms. The van der Waals surface area contributed by atoms with Gasteiger partial charge < -0.3 is 0 Å². The molecule has 0 aromatic rings. The third-order valence-electron chi connectivity index (χ3n) is 2.08. The van der Waals surface area contributed by atoms with Crippen molar-refractivity contribution in [3.63, 3.8) is 0 Å². The van der Waals surface area contributed by atoms with Crippen LogP contribution in [0, 0.1) is 5.41 Å². The van der Waals surface area contributed by atoms with Crippen LogP contribution in [-0.2, 0) is 0 Å². The maximum absolute atomic E-state index is 4.40. The van der Waals surface area contributed by atoms with Crippen LogP contribution in [0.15, 0.2) is 17.1 Å². The molecule has 1 aliphatic heterocycles. The molecule has 12 heavy (non-hydrogen) atoms. The highest BCUT2D eigenvalue weighted by Crippen LogP contribution is 2.28. The van der Waals surface area contributed by atoms with Gasteiger partial charge in [0.05, 0.1) is 6.04 Å². The first kappa shape index (κ1) is 9.50. The van der Waals surface area contributed by atoms with Gasteiger partial charge in [0.15, 0.2) is 0 Å². The van der Waals surface area contributed by atoms with Gasteiger partial charge in [-0.1, -0.05) is 32.9 Å². The van der Waals surface area contributed by atoms with E-state index in [1.807, 2.05) is 6.21 Å². The summed E-state index contributed by atoms with van der Waals surface area (Å²) in [6, 6.07) is 0.421. The van der Waals surface area contributed by atoms with Crippen molar-refractivity contribution in [1.82, 2.24) is 0 Å². The zero-order chi connectivity index (χ0) is 9.19. The average molecular weight is 165 g/mol. The van der Waals surface area contributed by atoms with E-state index >= 15 is 0 Å². The summed E-state index contributed by atoms with van der Waals surface area (Å²) in [6.07, 6.45) is 5.43. The van der Waals surface area contributed by atoms with Crippen LogP contribution in [0.25, 0.3) is 0 Å². The van der Waals surface area contributed by atoms with Gasteiger partial charge in [0, 0.05) is 0 Å². The molecule has 68 valence electrons. The van der Waals surface area contributed by atoms with Gasteiger partial charge in [-0.05, 0) is 30.9 Å². The molecular formula is C11H19N. The van der Waals surface area contributed by atoms with Crippen LogP contribution in [0.3, 0.4) is 0 Å². The Labute approximate surface area is 75.6 Å². The lowest BCUT2D eigenvalue weighted by Crippen LogP contribution is -2.12. The van der Waals surface area contributed by atoms with E-state index in [4.69, 9.17) is 0 Å². The largest absolute Gasteiger partial charge is 0.290 e. The summed E-state index contributed by atoms with van der Waals surface area (Å²) in [5, 5.41) is 0. The Balaban J connectivity index is 2.43. The molecule has 0 spiro atoms. The lowest BCUT2D eigenvalue weighted by molar-refractivity contribution is 0.399. The Morgan fingerprint density at radius 1 is 1.58 bits per heavy atom. The van der Waals surface area contributed by atoms with Crippen LogP contribution in [0.2, 0.25) is 0 Å². The maximum Gasteiger partial charge on any atom is 0.0706 e. The van der Waals surface area contributed by atoms with Gasteiger partial charge in [-0.3, -0.25) is 4.99 Å². The first-order valence-corrected chi connectivity index (χ1v) is 4.68. The Morgan fingerprint density at radius 3 is 2.67 bits per heavy atom. The third-order valence-corrected chi connectivity index (χ3v) is 2.08. The second kappa shape index (κ2) is 3.42. The highest BCUT2D eigenvalue weighted by molar-refractivity contribution is 5.60. The van der Waals surface area contributed by atoms with E-state index in [1.165, 1.54) is 12.0 Å². The maximum atomic E-state index is 4.40. The molecule has 0 aliphatic carbocycles. The van der Waals surface area contributed by atoms with Gasteiger partial charge >= 0.3 is 0 Å². The minimum Gasteiger partial charge on any atom is -0.290 e. The van der Waals surface area contributed by atoms with Crippen molar-refractivity contribution in [3.05, 3.63) is 12.2 Å². The fourth-order valence-electron chi connectivity index (χ4n) is 1.62. The first-order chi connectivity index (χ1) is 5.49. The smallest absolute Gasteiger partial charge is 0.0706 e. The molecule has 0 fully saturated rings. The molecule has 0 amide bonds. The number of aliphatic imine (C=N–C) groups is 1.